The van der Waals surface area contributed by atoms with E-state index in [9.17, 15) is 13.5 Å². The number of rotatable bonds is 6. The second kappa shape index (κ2) is 6.51. The molecule has 0 bridgehead atoms. The molecular formula is C15H20N2O3S. The molecule has 0 aliphatic rings. The molecule has 1 aromatic carbocycles. The highest BCUT2D eigenvalue weighted by atomic mass is 32.2. The van der Waals surface area contributed by atoms with E-state index in [0.29, 0.717) is 10.9 Å². The van der Waals surface area contributed by atoms with Crippen LogP contribution in [-0.2, 0) is 10.0 Å². The zero-order chi connectivity index (χ0) is 15.5. The molecule has 2 aromatic rings. The molecule has 1 aromatic heterocycles. The van der Waals surface area contributed by atoms with Crippen LogP contribution in [0.4, 0.5) is 0 Å². The number of fused-ring (bicyclic) bond motifs is 1. The van der Waals surface area contributed by atoms with Gasteiger partial charge in [-0.25, -0.2) is 13.1 Å². The molecule has 6 heteroatoms. The summed E-state index contributed by atoms with van der Waals surface area (Å²) in [5.74, 6) is 0.0434. The van der Waals surface area contributed by atoms with Gasteiger partial charge in [0.2, 0.25) is 10.0 Å². The second-order valence-electron chi connectivity index (χ2n) is 5.13. The number of hydrogen-bond donors (Lipinski definition) is 2. The Morgan fingerprint density at radius 2 is 2.05 bits per heavy atom. The average molecular weight is 308 g/mol. The first-order valence-corrected chi connectivity index (χ1v) is 8.45. The summed E-state index contributed by atoms with van der Waals surface area (Å²) >= 11 is 0. The monoisotopic (exact) mass is 308 g/mol. The molecule has 5 nitrogen and oxygen atoms in total. The van der Waals surface area contributed by atoms with Crippen LogP contribution in [0.25, 0.3) is 10.9 Å². The van der Waals surface area contributed by atoms with E-state index in [0.717, 1.165) is 6.42 Å². The summed E-state index contributed by atoms with van der Waals surface area (Å²) < 4.78 is 27.3. The van der Waals surface area contributed by atoms with E-state index in [-0.39, 0.29) is 17.4 Å². The number of aromatic nitrogens is 1. The van der Waals surface area contributed by atoms with Gasteiger partial charge >= 0.3 is 0 Å². The molecule has 2 rings (SSSR count). The Hall–Kier alpha value is -1.50. The van der Waals surface area contributed by atoms with Gasteiger partial charge in [-0.2, -0.15) is 0 Å². The SMILES string of the molecule is CCC(C)C(O)CNS(=O)(=O)c1cccc2ncccc12. The molecule has 0 amide bonds. The first kappa shape index (κ1) is 15.9. The van der Waals surface area contributed by atoms with Gasteiger partial charge < -0.3 is 5.11 Å². The highest BCUT2D eigenvalue weighted by molar-refractivity contribution is 7.89. The van der Waals surface area contributed by atoms with Crippen LogP contribution in [0.1, 0.15) is 20.3 Å². The first-order valence-electron chi connectivity index (χ1n) is 6.97. The summed E-state index contributed by atoms with van der Waals surface area (Å²) in [6.45, 7) is 3.85. The number of hydrogen-bond acceptors (Lipinski definition) is 4. The predicted octanol–water partition coefficient (Wildman–Crippen LogP) is 1.92. The van der Waals surface area contributed by atoms with Gasteiger partial charge in [0.15, 0.2) is 0 Å². The number of nitrogens with one attached hydrogen (secondary N) is 1. The zero-order valence-electron chi connectivity index (χ0n) is 12.2. The van der Waals surface area contributed by atoms with Crippen LogP contribution < -0.4 is 4.72 Å². The van der Waals surface area contributed by atoms with Crippen molar-refractivity contribution in [1.29, 1.82) is 0 Å². The Morgan fingerprint density at radius 3 is 2.76 bits per heavy atom. The van der Waals surface area contributed by atoms with Crippen molar-refractivity contribution in [3.05, 3.63) is 36.5 Å². The molecule has 21 heavy (non-hydrogen) atoms. The molecule has 2 atom stereocenters. The molecule has 0 saturated heterocycles. The minimum absolute atomic E-state index is 0.00793. The van der Waals surface area contributed by atoms with Crippen LogP contribution >= 0.6 is 0 Å². The lowest BCUT2D eigenvalue weighted by Crippen LogP contribution is -2.35. The quantitative estimate of drug-likeness (QED) is 0.854. The van der Waals surface area contributed by atoms with Crippen molar-refractivity contribution in [1.82, 2.24) is 9.71 Å². The lowest BCUT2D eigenvalue weighted by Gasteiger charge is -2.18. The molecule has 0 saturated carbocycles. The lowest BCUT2D eigenvalue weighted by atomic mass is 10.0. The Bertz CT molecular complexity index is 710. The average Bonchev–Trinajstić information content (AvgIpc) is 2.51. The summed E-state index contributed by atoms with van der Waals surface area (Å²) in [6, 6.07) is 8.40. The van der Waals surface area contributed by atoms with Gasteiger partial charge in [-0.1, -0.05) is 26.3 Å². The van der Waals surface area contributed by atoms with Crippen molar-refractivity contribution < 1.29 is 13.5 Å². The maximum absolute atomic E-state index is 12.4. The number of aliphatic hydroxyl groups excluding tert-OH is 1. The van der Waals surface area contributed by atoms with Crippen molar-refractivity contribution in [3.8, 4) is 0 Å². The van der Waals surface area contributed by atoms with Gasteiger partial charge in [0.25, 0.3) is 0 Å². The molecule has 0 fully saturated rings. The van der Waals surface area contributed by atoms with Gasteiger partial charge in [0.1, 0.15) is 0 Å². The number of aliphatic hydroxyl groups is 1. The standard InChI is InChI=1S/C15H20N2O3S/c1-3-11(2)14(18)10-17-21(19,20)15-8-4-7-13-12(15)6-5-9-16-13/h4-9,11,14,17-18H,3,10H2,1-2H3. The van der Waals surface area contributed by atoms with E-state index >= 15 is 0 Å². The fourth-order valence-electron chi connectivity index (χ4n) is 2.06. The maximum atomic E-state index is 12.4. The number of sulfonamides is 1. The third-order valence-corrected chi connectivity index (χ3v) is 5.16. The maximum Gasteiger partial charge on any atom is 0.241 e. The number of pyridine rings is 1. The third kappa shape index (κ3) is 3.58. The molecular weight excluding hydrogens is 288 g/mol. The Morgan fingerprint density at radius 1 is 1.29 bits per heavy atom. The van der Waals surface area contributed by atoms with Gasteiger partial charge in [-0.15, -0.1) is 0 Å². The molecule has 2 unspecified atom stereocenters. The summed E-state index contributed by atoms with van der Waals surface area (Å²) in [5, 5.41) is 10.5. The first-order chi connectivity index (χ1) is 9.95. The second-order valence-corrected chi connectivity index (χ2v) is 6.87. The largest absolute Gasteiger partial charge is 0.391 e. The third-order valence-electron chi connectivity index (χ3n) is 3.68. The van der Waals surface area contributed by atoms with E-state index in [1.165, 1.54) is 0 Å². The van der Waals surface area contributed by atoms with Crippen LogP contribution in [0, 0.1) is 5.92 Å². The highest BCUT2D eigenvalue weighted by Gasteiger charge is 2.20. The summed E-state index contributed by atoms with van der Waals surface area (Å²) in [6.07, 6.45) is 1.72. The number of benzene rings is 1. The van der Waals surface area contributed by atoms with Gasteiger partial charge in [-0.05, 0) is 30.2 Å². The summed E-state index contributed by atoms with van der Waals surface area (Å²) in [4.78, 5) is 4.34. The van der Waals surface area contributed by atoms with Gasteiger partial charge in [-0.3, -0.25) is 4.98 Å². The van der Waals surface area contributed by atoms with Crippen LogP contribution in [-0.4, -0.2) is 31.2 Å². The van der Waals surface area contributed by atoms with E-state index in [2.05, 4.69) is 9.71 Å². The fourth-order valence-corrected chi connectivity index (χ4v) is 3.32. The molecule has 0 aliphatic heterocycles. The van der Waals surface area contributed by atoms with E-state index < -0.39 is 16.1 Å². The smallest absolute Gasteiger partial charge is 0.241 e. The lowest BCUT2D eigenvalue weighted by molar-refractivity contribution is 0.118. The van der Waals surface area contributed by atoms with Crippen molar-refractivity contribution in [2.45, 2.75) is 31.3 Å². The van der Waals surface area contributed by atoms with Crippen molar-refractivity contribution >= 4 is 20.9 Å². The molecule has 114 valence electrons. The van der Waals surface area contributed by atoms with Crippen LogP contribution in [0.5, 0.6) is 0 Å². The van der Waals surface area contributed by atoms with Crippen LogP contribution in [0.2, 0.25) is 0 Å². The van der Waals surface area contributed by atoms with Crippen LogP contribution in [0.3, 0.4) is 0 Å². The molecule has 2 N–H and O–H groups in total. The van der Waals surface area contributed by atoms with Gasteiger partial charge in [0, 0.05) is 18.1 Å². The number of nitrogens with zero attached hydrogens (tertiary/aromatic N) is 1. The van der Waals surface area contributed by atoms with E-state index in [1.54, 1.807) is 36.5 Å². The molecule has 0 aliphatic carbocycles. The molecule has 0 radical (unpaired) electrons. The minimum Gasteiger partial charge on any atom is -0.391 e. The summed E-state index contributed by atoms with van der Waals surface area (Å²) in [7, 11) is -3.67. The molecule has 0 spiro atoms. The Kier molecular flexibility index (Phi) is 4.92. The topological polar surface area (TPSA) is 79.3 Å². The van der Waals surface area contributed by atoms with E-state index in [1.807, 2.05) is 13.8 Å². The van der Waals surface area contributed by atoms with Crippen molar-refractivity contribution in [3.63, 3.8) is 0 Å². The fraction of sp³-hybridized carbons (Fsp3) is 0.400. The Balaban J connectivity index is 2.26. The van der Waals surface area contributed by atoms with Gasteiger partial charge in [0.05, 0.1) is 16.5 Å². The summed E-state index contributed by atoms with van der Waals surface area (Å²) in [5.41, 5.74) is 0.628. The van der Waals surface area contributed by atoms with E-state index in [4.69, 9.17) is 0 Å². The minimum atomic E-state index is -3.67. The Labute approximate surface area is 125 Å². The van der Waals surface area contributed by atoms with Crippen molar-refractivity contribution in [2.75, 3.05) is 6.54 Å². The highest BCUT2D eigenvalue weighted by Crippen LogP contribution is 2.21. The predicted molar refractivity (Wildman–Crippen MR) is 82.4 cm³/mol. The normalized spacial score (nSPS) is 15.0. The van der Waals surface area contributed by atoms with Crippen molar-refractivity contribution in [2.24, 2.45) is 5.92 Å². The molecule has 1 heterocycles. The van der Waals surface area contributed by atoms with Crippen LogP contribution in [0.15, 0.2) is 41.4 Å². The zero-order valence-corrected chi connectivity index (χ0v) is 13.0.